The van der Waals surface area contributed by atoms with Gasteiger partial charge in [-0.15, -0.1) is 0 Å². The first kappa shape index (κ1) is 22.0. The number of nitrogens with zero attached hydrogens (tertiary/aromatic N) is 3. The highest BCUT2D eigenvalue weighted by atomic mass is 16.5. The first-order valence-electron chi connectivity index (χ1n) is 11.7. The molecule has 1 amide bonds. The molecule has 2 aliphatic rings. The first-order chi connectivity index (χ1) is 15.2. The van der Waals surface area contributed by atoms with Crippen LogP contribution in [0, 0.1) is 12.8 Å². The lowest BCUT2D eigenvalue weighted by molar-refractivity contribution is -0.126. The number of aryl methyl sites for hydroxylation is 1. The molecular formula is C24H34N4O3. The molecule has 1 aromatic carbocycles. The molecule has 1 N–H and O–H groups in total. The fraction of sp³-hybridized carbons (Fsp3) is 0.625. The highest BCUT2D eigenvalue weighted by Gasteiger charge is 2.26. The Labute approximate surface area is 184 Å². The van der Waals surface area contributed by atoms with E-state index >= 15 is 0 Å². The van der Waals surface area contributed by atoms with Crippen molar-refractivity contribution < 1.29 is 14.1 Å². The van der Waals surface area contributed by atoms with E-state index in [-0.39, 0.29) is 11.8 Å². The van der Waals surface area contributed by atoms with Crippen LogP contribution in [0.25, 0.3) is 11.4 Å². The summed E-state index contributed by atoms with van der Waals surface area (Å²) in [6, 6.07) is 8.08. The molecule has 31 heavy (non-hydrogen) atoms. The monoisotopic (exact) mass is 426 g/mol. The number of hydrogen-bond acceptors (Lipinski definition) is 6. The fourth-order valence-electron chi connectivity index (χ4n) is 4.56. The van der Waals surface area contributed by atoms with Gasteiger partial charge >= 0.3 is 0 Å². The number of rotatable bonds is 9. The molecule has 0 spiro atoms. The molecule has 1 aliphatic carbocycles. The van der Waals surface area contributed by atoms with Crippen molar-refractivity contribution in [1.82, 2.24) is 20.4 Å². The Morgan fingerprint density at radius 2 is 2.13 bits per heavy atom. The lowest BCUT2D eigenvalue weighted by Gasteiger charge is -2.30. The molecule has 7 heteroatoms. The van der Waals surface area contributed by atoms with E-state index in [1.54, 1.807) is 0 Å². The molecule has 2 fully saturated rings. The van der Waals surface area contributed by atoms with E-state index in [0.717, 1.165) is 44.5 Å². The van der Waals surface area contributed by atoms with Gasteiger partial charge in [0.15, 0.2) is 0 Å². The van der Waals surface area contributed by atoms with Crippen LogP contribution >= 0.6 is 0 Å². The van der Waals surface area contributed by atoms with E-state index in [2.05, 4.69) is 26.4 Å². The van der Waals surface area contributed by atoms with Crippen molar-refractivity contribution >= 4 is 5.91 Å². The third kappa shape index (κ3) is 6.37. The van der Waals surface area contributed by atoms with E-state index in [9.17, 15) is 4.79 Å². The number of benzene rings is 1. The Morgan fingerprint density at radius 1 is 1.26 bits per heavy atom. The molecule has 1 aromatic heterocycles. The summed E-state index contributed by atoms with van der Waals surface area (Å²) < 4.78 is 11.3. The van der Waals surface area contributed by atoms with Crippen LogP contribution in [-0.4, -0.2) is 53.3 Å². The van der Waals surface area contributed by atoms with Gasteiger partial charge in [0.25, 0.3) is 0 Å². The molecule has 1 saturated carbocycles. The van der Waals surface area contributed by atoms with Crippen LogP contribution in [0.5, 0.6) is 0 Å². The number of amides is 1. The molecule has 0 radical (unpaired) electrons. The normalized spacial score (nSPS) is 20.2. The van der Waals surface area contributed by atoms with Crippen LogP contribution < -0.4 is 5.32 Å². The molecule has 2 aromatic rings. The number of aromatic nitrogens is 2. The molecule has 1 aliphatic heterocycles. The van der Waals surface area contributed by atoms with Gasteiger partial charge in [-0.3, -0.25) is 9.69 Å². The predicted octanol–water partition coefficient (Wildman–Crippen LogP) is 3.72. The van der Waals surface area contributed by atoms with E-state index in [0.29, 0.717) is 30.9 Å². The zero-order valence-electron chi connectivity index (χ0n) is 18.5. The zero-order valence-corrected chi connectivity index (χ0v) is 18.5. The van der Waals surface area contributed by atoms with Crippen LogP contribution in [0.4, 0.5) is 0 Å². The minimum absolute atomic E-state index is 0.0173. The summed E-state index contributed by atoms with van der Waals surface area (Å²) in [6.07, 6.45) is 8.21. The maximum atomic E-state index is 12.6. The SMILES string of the molecule is Cc1cccc(-c2noc(CN3CCCC(C(=O)NCCCOC4CCCC4)C3)n2)c1. The standard InChI is InChI=1S/C24H34N4O3/c1-18-7-4-8-19(15-18)23-26-22(31-27-23)17-28-13-5-9-20(16-28)24(29)25-12-6-14-30-21-10-2-3-11-21/h4,7-8,15,20-21H,2-3,5-6,9-14,16-17H2,1H3,(H,25,29). The highest BCUT2D eigenvalue weighted by Crippen LogP contribution is 2.22. The van der Waals surface area contributed by atoms with Crippen LogP contribution in [-0.2, 0) is 16.1 Å². The summed E-state index contributed by atoms with van der Waals surface area (Å²) in [7, 11) is 0. The quantitative estimate of drug-likeness (QED) is 0.616. The molecule has 2 heterocycles. The van der Waals surface area contributed by atoms with Crippen LogP contribution in [0.15, 0.2) is 28.8 Å². The van der Waals surface area contributed by atoms with E-state index in [1.165, 1.54) is 31.2 Å². The zero-order chi connectivity index (χ0) is 21.5. The number of nitrogens with one attached hydrogen (secondary N) is 1. The number of hydrogen-bond donors (Lipinski definition) is 1. The minimum Gasteiger partial charge on any atom is -0.378 e. The average molecular weight is 427 g/mol. The smallest absolute Gasteiger partial charge is 0.241 e. The Hall–Kier alpha value is -2.25. The van der Waals surface area contributed by atoms with Crippen molar-refractivity contribution in [3.63, 3.8) is 0 Å². The highest BCUT2D eigenvalue weighted by molar-refractivity contribution is 5.78. The summed E-state index contributed by atoms with van der Waals surface area (Å²) in [5, 5.41) is 7.23. The number of piperidine rings is 1. The van der Waals surface area contributed by atoms with Gasteiger partial charge in [0.1, 0.15) is 0 Å². The number of likely N-dealkylation sites (tertiary alicyclic amines) is 1. The summed E-state index contributed by atoms with van der Waals surface area (Å²) >= 11 is 0. The third-order valence-corrected chi connectivity index (χ3v) is 6.26. The van der Waals surface area contributed by atoms with Crippen molar-refractivity contribution in [1.29, 1.82) is 0 Å². The van der Waals surface area contributed by atoms with Crippen molar-refractivity contribution in [3.8, 4) is 11.4 Å². The largest absolute Gasteiger partial charge is 0.378 e. The minimum atomic E-state index is 0.0173. The third-order valence-electron chi connectivity index (χ3n) is 6.26. The van der Waals surface area contributed by atoms with Crippen LogP contribution in [0.2, 0.25) is 0 Å². The van der Waals surface area contributed by atoms with Gasteiger partial charge in [-0.25, -0.2) is 0 Å². The topological polar surface area (TPSA) is 80.5 Å². The molecule has 0 bridgehead atoms. The van der Waals surface area contributed by atoms with Crippen molar-refractivity contribution in [2.75, 3.05) is 26.2 Å². The van der Waals surface area contributed by atoms with Gasteiger partial charge in [0, 0.05) is 25.3 Å². The van der Waals surface area contributed by atoms with Crippen molar-refractivity contribution in [2.24, 2.45) is 5.92 Å². The number of carbonyl (C=O) groups is 1. The van der Waals surface area contributed by atoms with Gasteiger partial charge in [0.2, 0.25) is 17.6 Å². The summed E-state index contributed by atoms with van der Waals surface area (Å²) in [4.78, 5) is 19.4. The molecule has 168 valence electrons. The molecule has 1 unspecified atom stereocenters. The van der Waals surface area contributed by atoms with Gasteiger partial charge in [0.05, 0.1) is 18.6 Å². The molecule has 4 rings (SSSR count). The molecule has 1 atom stereocenters. The van der Waals surface area contributed by atoms with E-state index < -0.39 is 0 Å². The molecule has 7 nitrogen and oxygen atoms in total. The summed E-state index contributed by atoms with van der Waals surface area (Å²) in [5.74, 6) is 1.38. The Balaban J connectivity index is 1.20. The molecule has 1 saturated heterocycles. The predicted molar refractivity (Wildman–Crippen MR) is 118 cm³/mol. The Bertz CT molecular complexity index is 847. The van der Waals surface area contributed by atoms with Crippen LogP contribution in [0.1, 0.15) is 56.4 Å². The summed E-state index contributed by atoms with van der Waals surface area (Å²) in [6.45, 7) is 5.73. The Morgan fingerprint density at radius 3 is 2.97 bits per heavy atom. The second-order valence-electron chi connectivity index (χ2n) is 8.88. The van der Waals surface area contributed by atoms with Gasteiger partial charge in [-0.2, -0.15) is 4.98 Å². The lowest BCUT2D eigenvalue weighted by Crippen LogP contribution is -2.43. The fourth-order valence-corrected chi connectivity index (χ4v) is 4.56. The maximum absolute atomic E-state index is 12.6. The lowest BCUT2D eigenvalue weighted by atomic mass is 9.97. The second kappa shape index (κ2) is 10.9. The van der Waals surface area contributed by atoms with Crippen molar-refractivity contribution in [2.45, 2.75) is 64.5 Å². The Kier molecular flexibility index (Phi) is 7.70. The van der Waals surface area contributed by atoms with Gasteiger partial charge < -0.3 is 14.6 Å². The molecular weight excluding hydrogens is 392 g/mol. The number of ether oxygens (including phenoxy) is 1. The maximum Gasteiger partial charge on any atom is 0.241 e. The van der Waals surface area contributed by atoms with Gasteiger partial charge in [-0.1, -0.05) is 41.8 Å². The van der Waals surface area contributed by atoms with E-state index in [1.807, 2.05) is 25.1 Å². The first-order valence-corrected chi connectivity index (χ1v) is 11.7. The van der Waals surface area contributed by atoms with Crippen LogP contribution in [0.3, 0.4) is 0 Å². The number of carbonyl (C=O) groups excluding carboxylic acids is 1. The average Bonchev–Trinajstić information content (AvgIpc) is 3.46. The second-order valence-corrected chi connectivity index (χ2v) is 8.88. The van der Waals surface area contributed by atoms with Gasteiger partial charge in [-0.05, 0) is 51.6 Å². The van der Waals surface area contributed by atoms with Crippen molar-refractivity contribution in [3.05, 3.63) is 35.7 Å². The summed E-state index contributed by atoms with van der Waals surface area (Å²) in [5.41, 5.74) is 2.13. The van der Waals surface area contributed by atoms with E-state index in [4.69, 9.17) is 9.26 Å².